The highest BCUT2D eigenvalue weighted by Crippen LogP contribution is 2.23. The molecule has 1 aliphatic rings. The first-order valence-corrected chi connectivity index (χ1v) is 8.71. The summed E-state index contributed by atoms with van der Waals surface area (Å²) in [7, 11) is 0. The zero-order valence-corrected chi connectivity index (χ0v) is 14.1. The molecule has 0 amide bonds. The van der Waals surface area contributed by atoms with Crippen LogP contribution in [0.3, 0.4) is 0 Å². The maximum absolute atomic E-state index is 3.47. The van der Waals surface area contributed by atoms with Gasteiger partial charge < -0.3 is 5.32 Å². The third-order valence-electron chi connectivity index (χ3n) is 4.67. The molecule has 1 N–H and O–H groups in total. The van der Waals surface area contributed by atoms with Crippen molar-refractivity contribution >= 4 is 0 Å². The molecule has 0 aromatic heterocycles. The van der Waals surface area contributed by atoms with Crippen LogP contribution in [-0.4, -0.2) is 30.6 Å². The van der Waals surface area contributed by atoms with Gasteiger partial charge in [0.25, 0.3) is 0 Å². The number of nitrogens with one attached hydrogen (secondary N) is 1. The molecule has 1 aromatic carbocycles. The third kappa shape index (κ3) is 5.44. The summed E-state index contributed by atoms with van der Waals surface area (Å²) in [5.41, 5.74) is 2.91. The van der Waals surface area contributed by atoms with Crippen molar-refractivity contribution < 1.29 is 0 Å². The number of hydrogen-bond acceptors (Lipinski definition) is 2. The van der Waals surface area contributed by atoms with Crippen molar-refractivity contribution in [2.45, 2.75) is 59.0 Å². The molecule has 0 saturated carbocycles. The highest BCUT2D eigenvalue weighted by molar-refractivity contribution is 5.23. The molecule has 2 atom stereocenters. The van der Waals surface area contributed by atoms with Crippen LogP contribution in [0.4, 0.5) is 0 Å². The molecule has 0 spiro atoms. The van der Waals surface area contributed by atoms with Crippen molar-refractivity contribution in [2.24, 2.45) is 5.92 Å². The molecule has 0 radical (unpaired) electrons. The van der Waals surface area contributed by atoms with Crippen LogP contribution in [0.25, 0.3) is 0 Å². The minimum absolute atomic E-state index is 0.735. The topological polar surface area (TPSA) is 15.3 Å². The smallest absolute Gasteiger partial charge is 0.0236 e. The zero-order chi connectivity index (χ0) is 15.1. The van der Waals surface area contributed by atoms with Crippen LogP contribution in [-0.2, 0) is 13.0 Å². The Morgan fingerprint density at radius 1 is 1.05 bits per heavy atom. The maximum atomic E-state index is 3.47. The Morgan fingerprint density at radius 3 is 2.48 bits per heavy atom. The molecule has 1 heterocycles. The Hall–Kier alpha value is -0.860. The fourth-order valence-corrected chi connectivity index (χ4v) is 3.18. The quantitative estimate of drug-likeness (QED) is 0.767. The molecule has 1 aliphatic heterocycles. The summed E-state index contributed by atoms with van der Waals surface area (Å²) >= 11 is 0. The van der Waals surface area contributed by atoms with E-state index >= 15 is 0 Å². The van der Waals surface area contributed by atoms with E-state index in [-0.39, 0.29) is 0 Å². The standard InChI is InChI=1S/C19H32N2/c1-4-12-20-13-11-18-7-9-19(10-8-18)15-21-14-16(2)5-6-17(21)3/h7-10,16-17,20H,4-6,11-15H2,1-3H3. The van der Waals surface area contributed by atoms with E-state index in [9.17, 15) is 0 Å². The van der Waals surface area contributed by atoms with Gasteiger partial charge in [0.1, 0.15) is 0 Å². The van der Waals surface area contributed by atoms with E-state index < -0.39 is 0 Å². The van der Waals surface area contributed by atoms with Crippen molar-refractivity contribution in [1.29, 1.82) is 0 Å². The van der Waals surface area contributed by atoms with Crippen LogP contribution < -0.4 is 5.32 Å². The van der Waals surface area contributed by atoms with Crippen LogP contribution in [0.2, 0.25) is 0 Å². The van der Waals surface area contributed by atoms with Crippen molar-refractivity contribution in [2.75, 3.05) is 19.6 Å². The lowest BCUT2D eigenvalue weighted by Gasteiger charge is -2.36. The first kappa shape index (κ1) is 16.5. The summed E-state index contributed by atoms with van der Waals surface area (Å²) in [4.78, 5) is 2.64. The molecule has 2 rings (SSSR count). The van der Waals surface area contributed by atoms with E-state index in [1.165, 1.54) is 36.9 Å². The summed E-state index contributed by atoms with van der Waals surface area (Å²) < 4.78 is 0. The second-order valence-corrected chi connectivity index (χ2v) is 6.78. The Kier molecular flexibility index (Phi) is 6.72. The number of hydrogen-bond donors (Lipinski definition) is 1. The van der Waals surface area contributed by atoms with Crippen molar-refractivity contribution in [3.63, 3.8) is 0 Å². The van der Waals surface area contributed by atoms with E-state index in [0.29, 0.717) is 0 Å². The van der Waals surface area contributed by atoms with E-state index in [1.807, 2.05) is 0 Å². The highest BCUT2D eigenvalue weighted by Gasteiger charge is 2.22. The fraction of sp³-hybridized carbons (Fsp3) is 0.684. The van der Waals surface area contributed by atoms with Crippen LogP contribution in [0.15, 0.2) is 24.3 Å². The van der Waals surface area contributed by atoms with E-state index in [0.717, 1.165) is 38.0 Å². The minimum atomic E-state index is 0.735. The molecule has 2 unspecified atom stereocenters. The van der Waals surface area contributed by atoms with Crippen molar-refractivity contribution in [3.8, 4) is 0 Å². The van der Waals surface area contributed by atoms with Crippen LogP contribution in [0.1, 0.15) is 51.2 Å². The van der Waals surface area contributed by atoms with Gasteiger partial charge in [0.05, 0.1) is 0 Å². The fourth-order valence-electron chi connectivity index (χ4n) is 3.18. The minimum Gasteiger partial charge on any atom is -0.316 e. The van der Waals surface area contributed by atoms with Gasteiger partial charge in [0.15, 0.2) is 0 Å². The first-order valence-electron chi connectivity index (χ1n) is 8.71. The summed E-state index contributed by atoms with van der Waals surface area (Å²) in [6, 6.07) is 9.99. The lowest BCUT2D eigenvalue weighted by Crippen LogP contribution is -2.40. The van der Waals surface area contributed by atoms with Gasteiger partial charge in [-0.05, 0) is 62.7 Å². The summed E-state index contributed by atoms with van der Waals surface area (Å²) in [5, 5.41) is 3.47. The molecule has 0 bridgehead atoms. The van der Waals surface area contributed by atoms with E-state index in [1.54, 1.807) is 0 Å². The molecule has 118 valence electrons. The number of piperidine rings is 1. The summed E-state index contributed by atoms with van der Waals surface area (Å²) in [6.45, 7) is 11.6. The van der Waals surface area contributed by atoms with Crippen LogP contribution in [0.5, 0.6) is 0 Å². The predicted molar refractivity (Wildman–Crippen MR) is 91.6 cm³/mol. The Labute approximate surface area is 130 Å². The van der Waals surface area contributed by atoms with Gasteiger partial charge in [-0.25, -0.2) is 0 Å². The number of likely N-dealkylation sites (tertiary alicyclic amines) is 1. The third-order valence-corrected chi connectivity index (χ3v) is 4.67. The molecule has 21 heavy (non-hydrogen) atoms. The SMILES string of the molecule is CCCNCCc1ccc(CN2CC(C)CCC2C)cc1. The Balaban J connectivity index is 1.81. The van der Waals surface area contributed by atoms with E-state index in [2.05, 4.69) is 55.3 Å². The number of nitrogens with zero attached hydrogens (tertiary/aromatic N) is 1. The van der Waals surface area contributed by atoms with Gasteiger partial charge in [-0.15, -0.1) is 0 Å². The monoisotopic (exact) mass is 288 g/mol. The predicted octanol–water partition coefficient (Wildman–Crippen LogP) is 3.85. The van der Waals surface area contributed by atoms with Gasteiger partial charge in [-0.1, -0.05) is 38.1 Å². The lowest BCUT2D eigenvalue weighted by atomic mass is 9.94. The molecule has 2 nitrogen and oxygen atoms in total. The molecule has 1 saturated heterocycles. The van der Waals surface area contributed by atoms with Crippen molar-refractivity contribution in [3.05, 3.63) is 35.4 Å². The van der Waals surface area contributed by atoms with Gasteiger partial charge in [-0.2, -0.15) is 0 Å². The largest absolute Gasteiger partial charge is 0.316 e. The second-order valence-electron chi connectivity index (χ2n) is 6.78. The molecular weight excluding hydrogens is 256 g/mol. The molecule has 0 aliphatic carbocycles. The van der Waals surface area contributed by atoms with Crippen molar-refractivity contribution in [1.82, 2.24) is 10.2 Å². The zero-order valence-electron chi connectivity index (χ0n) is 14.1. The van der Waals surface area contributed by atoms with Gasteiger partial charge >= 0.3 is 0 Å². The van der Waals surface area contributed by atoms with Gasteiger partial charge in [-0.3, -0.25) is 4.90 Å². The summed E-state index contributed by atoms with van der Waals surface area (Å²) in [5.74, 6) is 0.852. The van der Waals surface area contributed by atoms with E-state index in [4.69, 9.17) is 0 Å². The molecule has 1 fully saturated rings. The molecule has 2 heteroatoms. The average Bonchev–Trinajstić information content (AvgIpc) is 2.49. The van der Waals surface area contributed by atoms with Crippen LogP contribution in [0, 0.1) is 5.92 Å². The van der Waals surface area contributed by atoms with Gasteiger partial charge in [0, 0.05) is 19.1 Å². The maximum Gasteiger partial charge on any atom is 0.0236 e. The second kappa shape index (κ2) is 8.55. The number of benzene rings is 1. The lowest BCUT2D eigenvalue weighted by molar-refractivity contribution is 0.117. The Morgan fingerprint density at radius 2 is 1.76 bits per heavy atom. The molecule has 1 aromatic rings. The summed E-state index contributed by atoms with van der Waals surface area (Å²) in [6.07, 6.45) is 5.09. The average molecular weight is 288 g/mol. The van der Waals surface area contributed by atoms with Crippen LogP contribution >= 0.6 is 0 Å². The van der Waals surface area contributed by atoms with Gasteiger partial charge in [0.2, 0.25) is 0 Å². The Bertz CT molecular complexity index is 399. The molecular formula is C19H32N2. The normalized spacial score (nSPS) is 23.4. The first-order chi connectivity index (χ1) is 10.2. The number of rotatable bonds is 7. The highest BCUT2D eigenvalue weighted by atomic mass is 15.2.